The summed E-state index contributed by atoms with van der Waals surface area (Å²) in [5, 5.41) is 0. The third kappa shape index (κ3) is 2.01. The number of rotatable bonds is 2. The summed E-state index contributed by atoms with van der Waals surface area (Å²) in [6.07, 6.45) is 0. The minimum Gasteiger partial charge on any atom is -0.295 e. The standard InChI is InChI=1S/C14H10FO/c1-10(16)12-7-8-14(15)13(9-12)11-5-3-2-4-6-11/h3-9H,1H3. The molecule has 0 aliphatic rings. The lowest BCUT2D eigenvalue weighted by Gasteiger charge is -2.04. The Labute approximate surface area is 93.5 Å². The fourth-order valence-electron chi connectivity index (χ4n) is 1.53. The summed E-state index contributed by atoms with van der Waals surface area (Å²) in [6.45, 7) is 1.47. The summed E-state index contributed by atoms with van der Waals surface area (Å²) in [5.74, 6) is -0.389. The Bertz CT molecular complexity index is 518. The van der Waals surface area contributed by atoms with Crippen LogP contribution in [0.15, 0.2) is 42.5 Å². The van der Waals surface area contributed by atoms with Crippen LogP contribution in [0.2, 0.25) is 0 Å². The van der Waals surface area contributed by atoms with E-state index in [0.717, 1.165) is 5.56 Å². The normalized spacial score (nSPS) is 10.1. The van der Waals surface area contributed by atoms with Gasteiger partial charge in [-0.2, -0.15) is 0 Å². The molecule has 0 amide bonds. The second kappa shape index (κ2) is 4.27. The molecule has 0 aliphatic heterocycles. The Hall–Kier alpha value is -1.96. The van der Waals surface area contributed by atoms with Crippen molar-refractivity contribution in [3.63, 3.8) is 0 Å². The van der Waals surface area contributed by atoms with Gasteiger partial charge in [-0.25, -0.2) is 4.39 Å². The molecule has 2 heteroatoms. The van der Waals surface area contributed by atoms with Crippen LogP contribution in [0.3, 0.4) is 0 Å². The maximum absolute atomic E-state index is 13.6. The second-order valence-electron chi connectivity index (χ2n) is 3.54. The van der Waals surface area contributed by atoms with Gasteiger partial charge in [0.05, 0.1) is 0 Å². The molecule has 0 unspecified atom stereocenters. The Kier molecular flexibility index (Phi) is 2.82. The van der Waals surface area contributed by atoms with E-state index in [1.54, 1.807) is 30.3 Å². The second-order valence-corrected chi connectivity index (χ2v) is 3.54. The number of halogens is 1. The molecule has 0 bridgehead atoms. The van der Waals surface area contributed by atoms with Gasteiger partial charge in [-0.3, -0.25) is 4.79 Å². The average molecular weight is 213 g/mol. The quantitative estimate of drug-likeness (QED) is 0.698. The Morgan fingerprint density at radius 2 is 1.88 bits per heavy atom. The predicted octanol–water partition coefficient (Wildman–Crippen LogP) is 3.50. The molecule has 16 heavy (non-hydrogen) atoms. The molecular formula is C14H10FO. The highest BCUT2D eigenvalue weighted by Gasteiger charge is 2.07. The molecule has 1 radical (unpaired) electrons. The van der Waals surface area contributed by atoms with Gasteiger partial charge < -0.3 is 0 Å². The SMILES string of the molecule is CC(=O)c1ccc(F)c(-c2cc[c]cc2)c1. The minimum atomic E-state index is -0.323. The molecule has 2 aromatic carbocycles. The number of Topliss-reactive ketones (excluding diaryl/α,β-unsaturated/α-hetero) is 1. The van der Waals surface area contributed by atoms with Crippen molar-refractivity contribution in [1.82, 2.24) is 0 Å². The van der Waals surface area contributed by atoms with E-state index in [2.05, 4.69) is 6.07 Å². The van der Waals surface area contributed by atoms with Crippen LogP contribution in [0.25, 0.3) is 11.1 Å². The molecule has 0 heterocycles. The molecule has 0 spiro atoms. The summed E-state index contributed by atoms with van der Waals surface area (Å²) in [4.78, 5) is 11.2. The predicted molar refractivity (Wildman–Crippen MR) is 60.7 cm³/mol. The molecule has 79 valence electrons. The smallest absolute Gasteiger partial charge is 0.159 e. The molecule has 2 rings (SSSR count). The first-order valence-corrected chi connectivity index (χ1v) is 4.95. The van der Waals surface area contributed by atoms with Crippen LogP contribution in [-0.2, 0) is 0 Å². The van der Waals surface area contributed by atoms with Crippen molar-refractivity contribution >= 4 is 5.78 Å². The summed E-state index contributed by atoms with van der Waals surface area (Å²) >= 11 is 0. The summed E-state index contributed by atoms with van der Waals surface area (Å²) in [6, 6.07) is 14.2. The molecular weight excluding hydrogens is 203 g/mol. The van der Waals surface area contributed by atoms with Gasteiger partial charge in [0.25, 0.3) is 0 Å². The van der Waals surface area contributed by atoms with Crippen molar-refractivity contribution in [2.45, 2.75) is 6.92 Å². The number of benzene rings is 2. The summed E-state index contributed by atoms with van der Waals surface area (Å²) in [5.41, 5.74) is 1.71. The lowest BCUT2D eigenvalue weighted by Crippen LogP contribution is -1.94. The van der Waals surface area contributed by atoms with E-state index in [9.17, 15) is 9.18 Å². The maximum Gasteiger partial charge on any atom is 0.159 e. The highest BCUT2D eigenvalue weighted by Crippen LogP contribution is 2.23. The number of carbonyl (C=O) groups excluding carboxylic acids is 1. The van der Waals surface area contributed by atoms with Gasteiger partial charge in [-0.15, -0.1) is 0 Å². The first kappa shape index (κ1) is 10.6. The molecule has 0 N–H and O–H groups in total. The van der Waals surface area contributed by atoms with Crippen LogP contribution < -0.4 is 0 Å². The Balaban J connectivity index is 2.56. The van der Waals surface area contributed by atoms with Gasteiger partial charge in [-0.1, -0.05) is 24.3 Å². The van der Waals surface area contributed by atoms with Crippen molar-refractivity contribution in [1.29, 1.82) is 0 Å². The average Bonchev–Trinajstić information content (AvgIpc) is 2.30. The molecule has 2 aromatic rings. The van der Waals surface area contributed by atoms with E-state index in [-0.39, 0.29) is 11.6 Å². The van der Waals surface area contributed by atoms with Crippen molar-refractivity contribution in [2.75, 3.05) is 0 Å². The number of carbonyl (C=O) groups is 1. The highest BCUT2D eigenvalue weighted by molar-refractivity contribution is 5.95. The molecule has 0 atom stereocenters. The number of hydrogen-bond acceptors (Lipinski definition) is 1. The largest absolute Gasteiger partial charge is 0.295 e. The fourth-order valence-corrected chi connectivity index (χ4v) is 1.53. The van der Waals surface area contributed by atoms with Gasteiger partial charge in [0.1, 0.15) is 5.82 Å². The van der Waals surface area contributed by atoms with Crippen LogP contribution in [0.4, 0.5) is 4.39 Å². The molecule has 0 aromatic heterocycles. The van der Waals surface area contributed by atoms with Gasteiger partial charge in [-0.05, 0) is 36.8 Å². The topological polar surface area (TPSA) is 17.1 Å². The molecule has 0 saturated carbocycles. The van der Waals surface area contributed by atoms with Crippen LogP contribution in [-0.4, -0.2) is 5.78 Å². The van der Waals surface area contributed by atoms with Gasteiger partial charge in [0.15, 0.2) is 5.78 Å². The Morgan fingerprint density at radius 3 is 2.50 bits per heavy atom. The Morgan fingerprint density at radius 1 is 1.19 bits per heavy atom. The molecule has 0 fully saturated rings. The van der Waals surface area contributed by atoms with Crippen molar-refractivity contribution in [2.24, 2.45) is 0 Å². The molecule has 0 aliphatic carbocycles. The third-order valence-electron chi connectivity index (χ3n) is 2.40. The minimum absolute atomic E-state index is 0.0660. The van der Waals surface area contributed by atoms with Crippen molar-refractivity contribution in [3.05, 3.63) is 59.9 Å². The highest BCUT2D eigenvalue weighted by atomic mass is 19.1. The van der Waals surface area contributed by atoms with E-state index in [1.807, 2.05) is 0 Å². The zero-order valence-corrected chi connectivity index (χ0v) is 8.83. The van der Waals surface area contributed by atoms with Crippen molar-refractivity contribution < 1.29 is 9.18 Å². The van der Waals surface area contributed by atoms with Gasteiger partial charge >= 0.3 is 0 Å². The lowest BCUT2D eigenvalue weighted by molar-refractivity contribution is 0.101. The molecule has 0 saturated heterocycles. The lowest BCUT2D eigenvalue weighted by atomic mass is 10.0. The van der Waals surface area contributed by atoms with E-state index in [4.69, 9.17) is 0 Å². The van der Waals surface area contributed by atoms with Crippen LogP contribution in [0.1, 0.15) is 17.3 Å². The van der Waals surface area contributed by atoms with E-state index < -0.39 is 0 Å². The zero-order valence-electron chi connectivity index (χ0n) is 8.83. The van der Waals surface area contributed by atoms with E-state index >= 15 is 0 Å². The number of hydrogen-bond donors (Lipinski definition) is 0. The fraction of sp³-hybridized carbons (Fsp3) is 0.0714. The van der Waals surface area contributed by atoms with Crippen LogP contribution in [0, 0.1) is 11.9 Å². The maximum atomic E-state index is 13.6. The van der Waals surface area contributed by atoms with E-state index in [0.29, 0.717) is 11.1 Å². The molecule has 1 nitrogen and oxygen atoms in total. The summed E-state index contributed by atoms with van der Waals surface area (Å²) in [7, 11) is 0. The van der Waals surface area contributed by atoms with Crippen LogP contribution >= 0.6 is 0 Å². The van der Waals surface area contributed by atoms with Crippen LogP contribution in [0.5, 0.6) is 0 Å². The van der Waals surface area contributed by atoms with E-state index in [1.165, 1.54) is 19.1 Å². The first-order valence-electron chi connectivity index (χ1n) is 4.95. The van der Waals surface area contributed by atoms with Gasteiger partial charge in [0.2, 0.25) is 0 Å². The number of ketones is 1. The first-order chi connectivity index (χ1) is 7.68. The van der Waals surface area contributed by atoms with Gasteiger partial charge in [0, 0.05) is 11.1 Å². The zero-order chi connectivity index (χ0) is 11.5. The third-order valence-corrected chi connectivity index (χ3v) is 2.40. The summed E-state index contributed by atoms with van der Waals surface area (Å²) < 4.78 is 13.6. The monoisotopic (exact) mass is 213 g/mol. The van der Waals surface area contributed by atoms with Crippen molar-refractivity contribution in [3.8, 4) is 11.1 Å².